The van der Waals surface area contributed by atoms with E-state index in [9.17, 15) is 4.79 Å². The van der Waals surface area contributed by atoms with Crippen molar-refractivity contribution in [1.29, 1.82) is 0 Å². The summed E-state index contributed by atoms with van der Waals surface area (Å²) in [5, 5.41) is 3.75. The molecule has 1 aromatic carbocycles. The van der Waals surface area contributed by atoms with E-state index in [0.717, 1.165) is 12.8 Å². The van der Waals surface area contributed by atoms with Crippen LogP contribution in [-0.2, 0) is 0 Å². The third kappa shape index (κ3) is 3.94. The van der Waals surface area contributed by atoms with Gasteiger partial charge in [-0.05, 0) is 18.6 Å². The van der Waals surface area contributed by atoms with E-state index < -0.39 is 6.09 Å². The quantitative estimate of drug-likeness (QED) is 0.688. The number of para-hydroxylation sites is 1. The predicted molar refractivity (Wildman–Crippen MR) is 54.4 cm³/mol. The Morgan fingerprint density at radius 1 is 1.36 bits per heavy atom. The van der Waals surface area contributed by atoms with E-state index in [1.165, 1.54) is 0 Å². The number of benzene rings is 1. The van der Waals surface area contributed by atoms with Crippen molar-refractivity contribution in [3.05, 3.63) is 30.3 Å². The molecule has 1 radical (unpaired) electrons. The van der Waals surface area contributed by atoms with Gasteiger partial charge in [-0.3, -0.25) is 0 Å². The molecule has 0 heterocycles. The molecule has 3 heteroatoms. The number of unbranched alkanes of at least 4 members (excludes halogenated alkanes) is 1. The summed E-state index contributed by atoms with van der Waals surface area (Å²) in [4.78, 5) is 11.1. The number of carbonyl (C=O) groups is 1. The van der Waals surface area contributed by atoms with Crippen LogP contribution in [0.15, 0.2) is 30.3 Å². The summed E-state index contributed by atoms with van der Waals surface area (Å²) in [7, 11) is 0. The van der Waals surface area contributed by atoms with Crippen LogP contribution in [0, 0.1) is 0 Å². The van der Waals surface area contributed by atoms with Crippen LogP contribution < -0.4 is 10.1 Å². The van der Waals surface area contributed by atoms with Gasteiger partial charge < -0.3 is 4.74 Å². The molecular weight excluding hydrogens is 178 g/mol. The second-order valence-electron chi connectivity index (χ2n) is 2.92. The minimum atomic E-state index is -0.510. The topological polar surface area (TPSA) is 40.4 Å². The second-order valence-corrected chi connectivity index (χ2v) is 2.92. The second kappa shape index (κ2) is 6.02. The normalized spacial score (nSPS) is 9.50. The summed E-state index contributed by atoms with van der Waals surface area (Å²) in [6.07, 6.45) is 1.44. The molecule has 1 rings (SSSR count). The molecule has 14 heavy (non-hydrogen) atoms. The molecular formula is C11H14NO2. The van der Waals surface area contributed by atoms with Crippen molar-refractivity contribution in [1.82, 2.24) is 5.32 Å². The summed E-state index contributed by atoms with van der Waals surface area (Å²) >= 11 is 0. The van der Waals surface area contributed by atoms with E-state index >= 15 is 0 Å². The smallest absolute Gasteiger partial charge is 0.409 e. The summed E-state index contributed by atoms with van der Waals surface area (Å²) in [6, 6.07) is 8.95. The predicted octanol–water partition coefficient (Wildman–Crippen LogP) is 2.59. The fraction of sp³-hybridized carbons (Fsp3) is 0.364. The zero-order valence-corrected chi connectivity index (χ0v) is 8.27. The van der Waals surface area contributed by atoms with Crippen LogP contribution in [0.4, 0.5) is 4.79 Å². The maximum atomic E-state index is 11.1. The van der Waals surface area contributed by atoms with Gasteiger partial charge in [-0.25, -0.2) is 10.1 Å². The number of rotatable bonds is 4. The number of amides is 1. The van der Waals surface area contributed by atoms with E-state index in [4.69, 9.17) is 4.74 Å². The monoisotopic (exact) mass is 192 g/mol. The maximum absolute atomic E-state index is 11.1. The standard InChI is InChI=1S/C11H14NO2/c1-2-3-9-12-11(13)14-10-7-5-4-6-8-10/h4-8H,2-3,9H2,1H3. The Bertz CT molecular complexity index is 272. The molecule has 75 valence electrons. The van der Waals surface area contributed by atoms with Crippen LogP contribution in [0.5, 0.6) is 5.75 Å². The molecule has 1 amide bonds. The third-order valence-electron chi connectivity index (χ3n) is 1.70. The van der Waals surface area contributed by atoms with Gasteiger partial charge in [-0.1, -0.05) is 31.5 Å². The fourth-order valence-electron chi connectivity index (χ4n) is 0.950. The number of hydrogen-bond acceptors (Lipinski definition) is 2. The Kier molecular flexibility index (Phi) is 4.55. The highest BCUT2D eigenvalue weighted by atomic mass is 16.5. The summed E-state index contributed by atoms with van der Waals surface area (Å²) in [6.45, 7) is 2.60. The average molecular weight is 192 g/mol. The fourth-order valence-corrected chi connectivity index (χ4v) is 0.950. The van der Waals surface area contributed by atoms with Crippen molar-refractivity contribution in [2.24, 2.45) is 0 Å². The van der Waals surface area contributed by atoms with Crippen molar-refractivity contribution in [3.63, 3.8) is 0 Å². The Balaban J connectivity index is 2.27. The molecule has 3 nitrogen and oxygen atoms in total. The molecule has 0 saturated carbocycles. The van der Waals surface area contributed by atoms with Crippen LogP contribution >= 0.6 is 0 Å². The van der Waals surface area contributed by atoms with Crippen molar-refractivity contribution in [3.8, 4) is 5.75 Å². The van der Waals surface area contributed by atoms with E-state index in [1.54, 1.807) is 12.1 Å². The van der Waals surface area contributed by atoms with Crippen LogP contribution in [0.2, 0.25) is 0 Å². The van der Waals surface area contributed by atoms with Gasteiger partial charge in [-0.15, -0.1) is 0 Å². The van der Waals surface area contributed by atoms with Crippen LogP contribution in [-0.4, -0.2) is 12.6 Å². The SMILES string of the molecule is CCCC[N]C(=O)Oc1ccccc1. The van der Waals surface area contributed by atoms with Gasteiger partial charge >= 0.3 is 6.09 Å². The van der Waals surface area contributed by atoms with Gasteiger partial charge in [0, 0.05) is 6.54 Å². The van der Waals surface area contributed by atoms with Gasteiger partial charge in [0.15, 0.2) is 0 Å². The Morgan fingerprint density at radius 3 is 2.71 bits per heavy atom. The molecule has 0 saturated heterocycles. The van der Waals surface area contributed by atoms with Crippen LogP contribution in [0.3, 0.4) is 0 Å². The molecule has 0 N–H and O–H groups in total. The number of hydrogen-bond donors (Lipinski definition) is 0. The lowest BCUT2D eigenvalue weighted by molar-refractivity contribution is 0.199. The molecule has 0 aromatic heterocycles. The zero-order valence-electron chi connectivity index (χ0n) is 8.27. The first-order valence-corrected chi connectivity index (χ1v) is 4.77. The summed E-state index contributed by atoms with van der Waals surface area (Å²) < 4.78 is 4.96. The Hall–Kier alpha value is -1.51. The van der Waals surface area contributed by atoms with E-state index in [0.29, 0.717) is 12.3 Å². The highest BCUT2D eigenvalue weighted by Gasteiger charge is 2.03. The lowest BCUT2D eigenvalue weighted by Gasteiger charge is -2.02. The summed E-state index contributed by atoms with van der Waals surface area (Å²) in [5.41, 5.74) is 0. The average Bonchev–Trinajstić information content (AvgIpc) is 2.20. The molecule has 0 unspecified atom stereocenters. The first-order chi connectivity index (χ1) is 6.83. The third-order valence-corrected chi connectivity index (χ3v) is 1.70. The Labute approximate surface area is 84.1 Å². The van der Waals surface area contributed by atoms with Gasteiger partial charge in [0.25, 0.3) is 0 Å². The minimum absolute atomic E-state index is 0.510. The number of nitrogens with zero attached hydrogens (tertiary/aromatic N) is 1. The summed E-state index contributed by atoms with van der Waals surface area (Å²) in [5.74, 6) is 0.540. The van der Waals surface area contributed by atoms with Crippen molar-refractivity contribution < 1.29 is 9.53 Å². The largest absolute Gasteiger partial charge is 0.434 e. The Morgan fingerprint density at radius 2 is 2.07 bits per heavy atom. The first kappa shape index (κ1) is 10.6. The lowest BCUT2D eigenvalue weighted by Crippen LogP contribution is -2.20. The van der Waals surface area contributed by atoms with Gasteiger partial charge in [0.05, 0.1) is 0 Å². The molecule has 0 fully saturated rings. The molecule has 0 aliphatic rings. The van der Waals surface area contributed by atoms with E-state index in [-0.39, 0.29) is 0 Å². The highest BCUT2D eigenvalue weighted by Crippen LogP contribution is 2.08. The number of ether oxygens (including phenoxy) is 1. The minimum Gasteiger partial charge on any atom is -0.409 e. The molecule has 0 aliphatic heterocycles. The lowest BCUT2D eigenvalue weighted by atomic mass is 10.3. The molecule has 0 spiro atoms. The molecule has 0 bridgehead atoms. The van der Waals surface area contributed by atoms with Gasteiger partial charge in [0.2, 0.25) is 0 Å². The van der Waals surface area contributed by atoms with E-state index in [1.807, 2.05) is 18.2 Å². The first-order valence-electron chi connectivity index (χ1n) is 4.77. The molecule has 0 aliphatic carbocycles. The molecule has 1 aromatic rings. The van der Waals surface area contributed by atoms with Crippen LogP contribution in [0.1, 0.15) is 19.8 Å². The zero-order chi connectivity index (χ0) is 10.2. The highest BCUT2D eigenvalue weighted by molar-refractivity contribution is 5.69. The molecule has 0 atom stereocenters. The van der Waals surface area contributed by atoms with Gasteiger partial charge in [0.1, 0.15) is 5.75 Å². The maximum Gasteiger partial charge on any atom is 0.434 e. The van der Waals surface area contributed by atoms with Gasteiger partial charge in [-0.2, -0.15) is 0 Å². The van der Waals surface area contributed by atoms with E-state index in [2.05, 4.69) is 12.2 Å². The number of carbonyl (C=O) groups excluding carboxylic acids is 1. The van der Waals surface area contributed by atoms with Crippen molar-refractivity contribution in [2.45, 2.75) is 19.8 Å². The van der Waals surface area contributed by atoms with Crippen molar-refractivity contribution in [2.75, 3.05) is 6.54 Å². The van der Waals surface area contributed by atoms with Crippen LogP contribution in [0.25, 0.3) is 0 Å². The van der Waals surface area contributed by atoms with Crippen molar-refractivity contribution >= 4 is 6.09 Å².